The maximum atomic E-state index is 13.0. The Morgan fingerprint density at radius 3 is 2.70 bits per heavy atom. The van der Waals surface area contributed by atoms with E-state index in [2.05, 4.69) is 49.5 Å². The van der Waals surface area contributed by atoms with Crippen LogP contribution in [0.25, 0.3) is 21.5 Å². The van der Waals surface area contributed by atoms with Gasteiger partial charge in [-0.05, 0) is 49.7 Å². The van der Waals surface area contributed by atoms with Crippen molar-refractivity contribution < 1.29 is 0 Å². The Bertz CT molecular complexity index is 1150. The molecule has 4 rings (SSSR count). The van der Waals surface area contributed by atoms with E-state index in [1.54, 1.807) is 12.4 Å². The van der Waals surface area contributed by atoms with Gasteiger partial charge in [0.25, 0.3) is 0 Å². The van der Waals surface area contributed by atoms with Gasteiger partial charge in [-0.25, -0.2) is 4.98 Å². The van der Waals surface area contributed by atoms with Crippen molar-refractivity contribution in [3.63, 3.8) is 0 Å². The van der Waals surface area contributed by atoms with Crippen molar-refractivity contribution in [3.8, 4) is 0 Å². The van der Waals surface area contributed by atoms with E-state index in [0.717, 1.165) is 25.1 Å². The molecule has 0 fully saturated rings. The summed E-state index contributed by atoms with van der Waals surface area (Å²) in [5.41, 5.74) is 13.2. The van der Waals surface area contributed by atoms with E-state index in [4.69, 9.17) is 5.53 Å². The number of aromatic nitrogens is 2. The normalized spacial score (nSPS) is 13.4. The van der Waals surface area contributed by atoms with Crippen LogP contribution in [0.2, 0.25) is 0 Å². The zero-order chi connectivity index (χ0) is 21.1. The van der Waals surface area contributed by atoms with Crippen LogP contribution < -0.4 is 10.7 Å². The van der Waals surface area contributed by atoms with Crippen molar-refractivity contribution in [2.24, 2.45) is 5.11 Å². The average Bonchev–Trinajstić information content (AvgIpc) is 3.15. The fourth-order valence-electron chi connectivity index (χ4n) is 4.01. The molecule has 0 amide bonds. The van der Waals surface area contributed by atoms with Crippen LogP contribution in [-0.4, -0.2) is 41.1 Å². The molecule has 30 heavy (non-hydrogen) atoms. The Hall–Kier alpha value is -3.35. The molecule has 0 atom stereocenters. The molecule has 2 heterocycles. The Morgan fingerprint density at radius 2 is 2.03 bits per heavy atom. The quantitative estimate of drug-likeness (QED) is 0.371. The van der Waals surface area contributed by atoms with Crippen molar-refractivity contribution in [2.75, 3.05) is 26.0 Å². The molecule has 154 valence electrons. The van der Waals surface area contributed by atoms with Crippen LogP contribution in [0, 0.1) is 0 Å². The number of hydrogen-bond donors (Lipinski definition) is 1. The maximum Gasteiger partial charge on any atom is 0.194 e. The van der Waals surface area contributed by atoms with E-state index >= 15 is 0 Å². The predicted octanol–water partition coefficient (Wildman–Crippen LogP) is 3.35. The summed E-state index contributed by atoms with van der Waals surface area (Å²) >= 11 is 0. The SMILES string of the molecule is CN(C)CCn1cc(CN=[N+]=[N-])c(=O)c2cc(NC3Cc4ccccc4C3)cnc21. The summed E-state index contributed by atoms with van der Waals surface area (Å²) in [5, 5.41) is 7.68. The highest BCUT2D eigenvalue weighted by Crippen LogP contribution is 2.25. The molecule has 0 unspecified atom stereocenters. The van der Waals surface area contributed by atoms with Crippen LogP contribution in [0.1, 0.15) is 16.7 Å². The highest BCUT2D eigenvalue weighted by Gasteiger charge is 2.21. The number of nitrogens with zero attached hydrogens (tertiary/aromatic N) is 6. The van der Waals surface area contributed by atoms with Gasteiger partial charge in [-0.2, -0.15) is 0 Å². The summed E-state index contributed by atoms with van der Waals surface area (Å²) in [6.45, 7) is 1.52. The maximum absolute atomic E-state index is 13.0. The Morgan fingerprint density at radius 1 is 1.30 bits per heavy atom. The predicted molar refractivity (Wildman–Crippen MR) is 119 cm³/mol. The van der Waals surface area contributed by atoms with Gasteiger partial charge in [-0.15, -0.1) is 0 Å². The lowest BCUT2D eigenvalue weighted by Crippen LogP contribution is -2.23. The van der Waals surface area contributed by atoms with Crippen molar-refractivity contribution in [1.29, 1.82) is 0 Å². The number of likely N-dealkylation sites (N-methyl/N-ethyl adjacent to an activating group) is 1. The molecule has 1 N–H and O–H groups in total. The number of anilines is 1. The van der Waals surface area contributed by atoms with Gasteiger partial charge in [0.15, 0.2) is 5.43 Å². The molecule has 3 aromatic rings. The van der Waals surface area contributed by atoms with Gasteiger partial charge in [0.1, 0.15) is 5.65 Å². The first-order valence-electron chi connectivity index (χ1n) is 10.1. The first kappa shape index (κ1) is 19.9. The lowest BCUT2D eigenvalue weighted by molar-refractivity contribution is 0.385. The lowest BCUT2D eigenvalue weighted by atomic mass is 10.1. The molecule has 1 aliphatic carbocycles. The third-order valence-electron chi connectivity index (χ3n) is 5.50. The summed E-state index contributed by atoms with van der Waals surface area (Å²) in [7, 11) is 4.00. The van der Waals surface area contributed by atoms with E-state index < -0.39 is 0 Å². The third-order valence-corrected chi connectivity index (χ3v) is 5.50. The van der Waals surface area contributed by atoms with Crippen LogP contribution in [0.5, 0.6) is 0 Å². The van der Waals surface area contributed by atoms with Crippen molar-refractivity contribution in [2.45, 2.75) is 32.0 Å². The molecule has 8 nitrogen and oxygen atoms in total. The van der Waals surface area contributed by atoms with E-state index in [1.165, 1.54) is 11.1 Å². The number of azide groups is 1. The number of pyridine rings is 2. The first-order chi connectivity index (χ1) is 14.5. The van der Waals surface area contributed by atoms with Gasteiger partial charge in [0, 0.05) is 35.8 Å². The van der Waals surface area contributed by atoms with Crippen molar-refractivity contribution in [3.05, 3.63) is 80.1 Å². The zero-order valence-corrected chi connectivity index (χ0v) is 17.2. The minimum absolute atomic E-state index is 0.0306. The average molecular weight is 403 g/mol. The van der Waals surface area contributed by atoms with Gasteiger partial charge in [0.05, 0.1) is 23.8 Å². The molecule has 0 aliphatic heterocycles. The van der Waals surface area contributed by atoms with E-state index in [0.29, 0.717) is 23.1 Å². The molecule has 0 bridgehead atoms. The number of nitrogens with one attached hydrogen (secondary N) is 1. The molecule has 0 saturated heterocycles. The van der Waals surface area contributed by atoms with Gasteiger partial charge in [-0.3, -0.25) is 4.79 Å². The third kappa shape index (κ3) is 4.15. The molecule has 2 aromatic heterocycles. The standard InChI is InChI=1S/C22H25N7O/c1-28(2)7-8-29-14-17(12-25-27-23)21(30)20-11-19(13-24-22(20)29)26-18-9-15-5-3-4-6-16(15)10-18/h3-6,11,13-14,18,26H,7-10,12H2,1-2H3. The second-order valence-electron chi connectivity index (χ2n) is 7.98. The molecular weight excluding hydrogens is 378 g/mol. The molecule has 8 heteroatoms. The molecule has 1 aromatic carbocycles. The van der Waals surface area contributed by atoms with Crippen LogP contribution in [0.3, 0.4) is 0 Å². The van der Waals surface area contributed by atoms with E-state index in [1.807, 2.05) is 24.7 Å². The van der Waals surface area contributed by atoms with Crippen molar-refractivity contribution >= 4 is 16.7 Å². The fraction of sp³-hybridized carbons (Fsp3) is 0.364. The molecule has 0 radical (unpaired) electrons. The second kappa shape index (κ2) is 8.57. The zero-order valence-electron chi connectivity index (χ0n) is 17.2. The highest BCUT2D eigenvalue weighted by atomic mass is 16.1. The van der Waals surface area contributed by atoms with Gasteiger partial charge < -0.3 is 14.8 Å². The lowest BCUT2D eigenvalue weighted by Gasteiger charge is -2.17. The number of fused-ring (bicyclic) bond motifs is 2. The first-order valence-corrected chi connectivity index (χ1v) is 10.1. The van der Waals surface area contributed by atoms with Gasteiger partial charge in [0.2, 0.25) is 0 Å². The number of benzene rings is 1. The molecular formula is C22H25N7O. The Labute approximate surface area is 174 Å². The summed E-state index contributed by atoms with van der Waals surface area (Å²) in [4.78, 5) is 22.5. The van der Waals surface area contributed by atoms with Gasteiger partial charge in [-0.1, -0.05) is 29.4 Å². The Kier molecular flexibility index (Phi) is 5.70. The highest BCUT2D eigenvalue weighted by molar-refractivity contribution is 5.79. The largest absolute Gasteiger partial charge is 0.380 e. The van der Waals surface area contributed by atoms with Crippen LogP contribution in [0.15, 0.2) is 52.6 Å². The van der Waals surface area contributed by atoms with Crippen molar-refractivity contribution in [1.82, 2.24) is 14.5 Å². The topological polar surface area (TPSA) is 98.9 Å². The van der Waals surface area contributed by atoms with Crippen LogP contribution in [-0.2, 0) is 25.9 Å². The van der Waals surface area contributed by atoms with E-state index in [9.17, 15) is 4.79 Å². The minimum Gasteiger partial charge on any atom is -0.380 e. The summed E-state index contributed by atoms with van der Waals surface area (Å²) in [5.74, 6) is 0. The second-order valence-corrected chi connectivity index (χ2v) is 7.98. The summed E-state index contributed by atoms with van der Waals surface area (Å²) < 4.78 is 1.97. The summed E-state index contributed by atoms with van der Waals surface area (Å²) in [6, 6.07) is 10.6. The summed E-state index contributed by atoms with van der Waals surface area (Å²) in [6.07, 6.45) is 5.47. The molecule has 1 aliphatic rings. The van der Waals surface area contributed by atoms with Gasteiger partial charge >= 0.3 is 0 Å². The fourth-order valence-corrected chi connectivity index (χ4v) is 4.01. The van der Waals surface area contributed by atoms with E-state index in [-0.39, 0.29) is 18.0 Å². The Balaban J connectivity index is 1.67. The monoisotopic (exact) mass is 403 g/mol. The number of hydrogen-bond acceptors (Lipinski definition) is 5. The smallest absolute Gasteiger partial charge is 0.194 e. The minimum atomic E-state index is -0.135. The number of rotatable bonds is 7. The van der Waals surface area contributed by atoms with Crippen LogP contribution in [0.4, 0.5) is 5.69 Å². The molecule has 0 saturated carbocycles. The van der Waals surface area contributed by atoms with Crippen LogP contribution >= 0.6 is 0 Å². The molecule has 0 spiro atoms.